The van der Waals surface area contributed by atoms with Crippen LogP contribution in [0.1, 0.15) is 6.42 Å². The Morgan fingerprint density at radius 1 is 1.40 bits per heavy atom. The molecular weight excluding hydrogens is 283 g/mol. The van der Waals surface area contributed by atoms with Gasteiger partial charge in [0.2, 0.25) is 5.91 Å². The van der Waals surface area contributed by atoms with Gasteiger partial charge in [-0.2, -0.15) is 8.42 Å². The Balaban J connectivity index is 2.17. The van der Waals surface area contributed by atoms with Crippen LogP contribution in [0.25, 0.3) is 0 Å². The fourth-order valence-electron chi connectivity index (χ4n) is 2.36. The van der Waals surface area contributed by atoms with Crippen LogP contribution in [0.3, 0.4) is 0 Å². The molecule has 0 N–H and O–H groups in total. The SMILES string of the molecule is CN(C)c1cccc(N2CC(CS(=O)(=O)F)CC2=O)c1. The van der Waals surface area contributed by atoms with E-state index in [1.54, 1.807) is 6.07 Å². The smallest absolute Gasteiger partial charge is 0.302 e. The molecule has 1 aromatic carbocycles. The average Bonchev–Trinajstić information content (AvgIpc) is 2.68. The molecule has 1 aliphatic heterocycles. The van der Waals surface area contributed by atoms with Crippen LogP contribution in [0.15, 0.2) is 24.3 Å². The molecule has 0 spiro atoms. The molecule has 1 heterocycles. The predicted molar refractivity (Wildman–Crippen MR) is 76.1 cm³/mol. The van der Waals surface area contributed by atoms with Gasteiger partial charge in [-0.05, 0) is 18.2 Å². The van der Waals surface area contributed by atoms with Gasteiger partial charge in [0.1, 0.15) is 0 Å². The van der Waals surface area contributed by atoms with Crippen molar-refractivity contribution in [2.24, 2.45) is 5.92 Å². The van der Waals surface area contributed by atoms with Gasteiger partial charge >= 0.3 is 10.2 Å². The van der Waals surface area contributed by atoms with E-state index in [2.05, 4.69) is 0 Å². The van der Waals surface area contributed by atoms with Gasteiger partial charge in [-0.3, -0.25) is 4.79 Å². The third-order valence-corrected chi connectivity index (χ3v) is 4.17. The number of hydrogen-bond acceptors (Lipinski definition) is 4. The molecule has 20 heavy (non-hydrogen) atoms. The van der Waals surface area contributed by atoms with Gasteiger partial charge in [-0.25, -0.2) is 0 Å². The molecule has 110 valence electrons. The topological polar surface area (TPSA) is 57.7 Å². The summed E-state index contributed by atoms with van der Waals surface area (Å²) >= 11 is 0. The maximum atomic E-state index is 12.7. The summed E-state index contributed by atoms with van der Waals surface area (Å²) in [5.74, 6) is -1.25. The first-order valence-electron chi connectivity index (χ1n) is 6.26. The second-order valence-corrected chi connectivity index (χ2v) is 6.61. The number of benzene rings is 1. The lowest BCUT2D eigenvalue weighted by Crippen LogP contribution is -2.25. The van der Waals surface area contributed by atoms with Gasteiger partial charge in [0.05, 0.1) is 5.75 Å². The van der Waals surface area contributed by atoms with E-state index in [1.807, 2.05) is 37.2 Å². The first-order chi connectivity index (χ1) is 9.26. The summed E-state index contributed by atoms with van der Waals surface area (Å²) in [5, 5.41) is 0. The monoisotopic (exact) mass is 300 g/mol. The number of carbonyl (C=O) groups excluding carboxylic acids is 1. The van der Waals surface area contributed by atoms with E-state index in [0.29, 0.717) is 5.69 Å². The van der Waals surface area contributed by atoms with Gasteiger partial charge < -0.3 is 9.80 Å². The third-order valence-electron chi connectivity index (χ3n) is 3.30. The van der Waals surface area contributed by atoms with Crippen LogP contribution >= 0.6 is 0 Å². The molecule has 1 saturated heterocycles. The summed E-state index contributed by atoms with van der Waals surface area (Å²) in [6.45, 7) is 0.235. The number of carbonyl (C=O) groups is 1. The molecule has 0 aliphatic carbocycles. The minimum absolute atomic E-state index is 0.0648. The molecule has 7 heteroatoms. The predicted octanol–water partition coefficient (Wildman–Crippen LogP) is 1.40. The normalized spacial score (nSPS) is 19.4. The third kappa shape index (κ3) is 3.47. The zero-order valence-electron chi connectivity index (χ0n) is 11.4. The molecule has 1 unspecified atom stereocenters. The zero-order chi connectivity index (χ0) is 14.9. The lowest BCUT2D eigenvalue weighted by atomic mass is 10.1. The molecule has 0 aromatic heterocycles. The van der Waals surface area contributed by atoms with Crippen molar-refractivity contribution >= 4 is 27.5 Å². The molecule has 5 nitrogen and oxygen atoms in total. The maximum absolute atomic E-state index is 12.7. The Labute approximate surface area is 118 Å². The average molecular weight is 300 g/mol. The van der Waals surface area contributed by atoms with Gasteiger partial charge in [0.15, 0.2) is 0 Å². The van der Waals surface area contributed by atoms with E-state index < -0.39 is 21.9 Å². The highest BCUT2D eigenvalue weighted by Gasteiger charge is 2.33. The molecule has 1 amide bonds. The zero-order valence-corrected chi connectivity index (χ0v) is 12.2. The number of amides is 1. The number of rotatable bonds is 4. The highest BCUT2D eigenvalue weighted by molar-refractivity contribution is 7.86. The number of hydrogen-bond donors (Lipinski definition) is 0. The van der Waals surface area contributed by atoms with Crippen molar-refractivity contribution in [1.82, 2.24) is 0 Å². The summed E-state index contributed by atoms with van der Waals surface area (Å²) in [5.41, 5.74) is 1.65. The van der Waals surface area contributed by atoms with Crippen molar-refractivity contribution in [3.8, 4) is 0 Å². The van der Waals surface area contributed by atoms with E-state index in [1.165, 1.54) is 4.90 Å². The van der Waals surface area contributed by atoms with Crippen molar-refractivity contribution in [3.63, 3.8) is 0 Å². The van der Waals surface area contributed by atoms with Crippen molar-refractivity contribution in [2.45, 2.75) is 6.42 Å². The van der Waals surface area contributed by atoms with Gasteiger partial charge in [-0.15, -0.1) is 3.89 Å². The molecule has 1 atom stereocenters. The Bertz CT molecular complexity index is 616. The molecule has 1 aliphatic rings. The molecule has 0 bridgehead atoms. The van der Waals surface area contributed by atoms with Gasteiger partial charge in [0.25, 0.3) is 0 Å². The standard InChI is InChI=1S/C13H17FN2O3S/c1-15(2)11-4-3-5-12(7-11)16-8-10(6-13(16)17)9-20(14,18)19/h3-5,7,10H,6,8-9H2,1-2H3. The van der Waals surface area contributed by atoms with E-state index in [0.717, 1.165) is 5.69 Å². The van der Waals surface area contributed by atoms with E-state index in [4.69, 9.17) is 0 Å². The lowest BCUT2D eigenvalue weighted by Gasteiger charge is -2.19. The van der Waals surface area contributed by atoms with Crippen LogP contribution in [-0.2, 0) is 15.0 Å². The molecular formula is C13H17FN2O3S. The Kier molecular flexibility index (Phi) is 3.99. The lowest BCUT2D eigenvalue weighted by molar-refractivity contribution is -0.117. The van der Waals surface area contributed by atoms with Gasteiger partial charge in [0, 0.05) is 44.4 Å². The molecule has 1 fully saturated rings. The second-order valence-electron chi connectivity index (χ2n) is 5.19. The second kappa shape index (κ2) is 5.40. The van der Waals surface area contributed by atoms with E-state index in [9.17, 15) is 17.1 Å². The molecule has 0 radical (unpaired) electrons. The first kappa shape index (κ1) is 14.8. The van der Waals surface area contributed by atoms with E-state index >= 15 is 0 Å². The van der Waals surface area contributed by atoms with Crippen LogP contribution in [0.2, 0.25) is 0 Å². The highest BCUT2D eigenvalue weighted by atomic mass is 32.3. The van der Waals surface area contributed by atoms with Crippen molar-refractivity contribution in [1.29, 1.82) is 0 Å². The minimum atomic E-state index is -4.55. The molecule has 0 saturated carbocycles. The fraction of sp³-hybridized carbons (Fsp3) is 0.462. The summed E-state index contributed by atoms with van der Waals surface area (Å²) in [7, 11) is -0.761. The maximum Gasteiger partial charge on any atom is 0.302 e. The largest absolute Gasteiger partial charge is 0.378 e. The summed E-state index contributed by atoms with van der Waals surface area (Å²) < 4.78 is 34.1. The van der Waals surface area contributed by atoms with Crippen LogP contribution in [0.5, 0.6) is 0 Å². The Morgan fingerprint density at radius 2 is 2.10 bits per heavy atom. The number of nitrogens with zero attached hydrogens (tertiary/aromatic N) is 2. The van der Waals surface area contributed by atoms with Crippen molar-refractivity contribution < 1.29 is 17.1 Å². The van der Waals surface area contributed by atoms with Gasteiger partial charge in [-0.1, -0.05) is 6.07 Å². The fourth-order valence-corrected chi connectivity index (χ4v) is 3.15. The van der Waals surface area contributed by atoms with Crippen LogP contribution in [-0.4, -0.2) is 40.7 Å². The number of halogens is 1. The van der Waals surface area contributed by atoms with E-state index in [-0.39, 0.29) is 18.9 Å². The number of anilines is 2. The van der Waals surface area contributed by atoms with Crippen molar-refractivity contribution in [3.05, 3.63) is 24.3 Å². The molecule has 2 rings (SSSR count). The first-order valence-corrected chi connectivity index (χ1v) is 7.81. The van der Waals surface area contributed by atoms with Crippen LogP contribution < -0.4 is 9.80 Å². The van der Waals surface area contributed by atoms with Crippen LogP contribution in [0, 0.1) is 5.92 Å². The minimum Gasteiger partial charge on any atom is -0.378 e. The summed E-state index contributed by atoms with van der Waals surface area (Å²) in [6, 6.07) is 7.38. The van der Waals surface area contributed by atoms with Crippen molar-refractivity contribution in [2.75, 3.05) is 36.2 Å². The summed E-state index contributed by atoms with van der Waals surface area (Å²) in [4.78, 5) is 15.4. The Morgan fingerprint density at radius 3 is 2.70 bits per heavy atom. The highest BCUT2D eigenvalue weighted by Crippen LogP contribution is 2.28. The summed E-state index contributed by atoms with van der Waals surface area (Å²) in [6.07, 6.45) is 0.0648. The Hall–Kier alpha value is -1.63. The van der Waals surface area contributed by atoms with Crippen LogP contribution in [0.4, 0.5) is 15.3 Å². The molecule has 1 aromatic rings. The quantitative estimate of drug-likeness (QED) is 0.789.